The third kappa shape index (κ3) is 13.0. The molecule has 0 aliphatic rings. The molecule has 0 radical (unpaired) electrons. The first-order chi connectivity index (χ1) is 18.5. The molecule has 0 spiro atoms. The fourth-order valence-electron chi connectivity index (χ4n) is 5.16. The highest BCUT2D eigenvalue weighted by Crippen LogP contribution is 2.20. The van der Waals surface area contributed by atoms with E-state index in [1.807, 2.05) is 30.3 Å². The van der Waals surface area contributed by atoms with Gasteiger partial charge in [-0.05, 0) is 37.0 Å². The molecule has 0 amide bonds. The minimum absolute atomic E-state index is 0.136. The van der Waals surface area contributed by atoms with Gasteiger partial charge < -0.3 is 14.0 Å². The van der Waals surface area contributed by atoms with E-state index in [2.05, 4.69) is 52.2 Å². The molecule has 2 rings (SSSR count). The fraction of sp³-hybridized carbons (Fsp3) is 0.618. The number of likely N-dealkylation sites (N-methyl/N-ethyl adjacent to an activating group) is 1. The third-order valence-corrected chi connectivity index (χ3v) is 7.45. The number of carbonyl (C=O) groups excluding carboxylic acids is 1. The van der Waals surface area contributed by atoms with Crippen molar-refractivity contribution in [2.45, 2.75) is 110 Å². The fourth-order valence-corrected chi connectivity index (χ4v) is 5.16. The molecule has 2 aromatic rings. The van der Waals surface area contributed by atoms with E-state index < -0.39 is 0 Å². The first kappa shape index (κ1) is 31.9. The predicted molar refractivity (Wildman–Crippen MR) is 159 cm³/mol. The Hall–Kier alpha value is -2.33. The van der Waals surface area contributed by atoms with Crippen LogP contribution in [0.3, 0.4) is 0 Å². The van der Waals surface area contributed by atoms with Crippen molar-refractivity contribution in [1.82, 2.24) is 0 Å². The molecule has 0 aliphatic carbocycles. The molecule has 0 aliphatic heterocycles. The van der Waals surface area contributed by atoms with Crippen molar-refractivity contribution in [2.24, 2.45) is 0 Å². The van der Waals surface area contributed by atoms with Crippen LogP contribution in [0.25, 0.3) is 0 Å². The number of quaternary nitrogens is 1. The SMILES string of the molecule is CCCCCCCCCCCCc1ccc(OCCOC(=O)C(CCC)[N+](C)(C)Cc2ccccc2)cc1. The molecule has 4 nitrogen and oxygen atoms in total. The zero-order valence-electron chi connectivity index (χ0n) is 24.8. The van der Waals surface area contributed by atoms with Gasteiger partial charge in [-0.1, -0.05) is 114 Å². The monoisotopic (exact) mass is 524 g/mol. The average Bonchev–Trinajstić information content (AvgIpc) is 2.91. The molecule has 0 N–H and O–H groups in total. The minimum Gasteiger partial charge on any atom is -0.490 e. The Kier molecular flexibility index (Phi) is 15.8. The Morgan fingerprint density at radius 1 is 0.711 bits per heavy atom. The molecule has 4 heteroatoms. The Morgan fingerprint density at radius 2 is 1.32 bits per heavy atom. The maximum Gasteiger partial charge on any atom is 0.365 e. The summed E-state index contributed by atoms with van der Waals surface area (Å²) in [6, 6.07) is 18.6. The highest BCUT2D eigenvalue weighted by Gasteiger charge is 2.35. The lowest BCUT2D eigenvalue weighted by molar-refractivity contribution is -0.920. The van der Waals surface area contributed by atoms with Gasteiger partial charge in [0.25, 0.3) is 0 Å². The molecule has 0 aromatic heterocycles. The van der Waals surface area contributed by atoms with Gasteiger partial charge >= 0.3 is 5.97 Å². The topological polar surface area (TPSA) is 35.5 Å². The van der Waals surface area contributed by atoms with Gasteiger partial charge in [0.2, 0.25) is 0 Å². The summed E-state index contributed by atoms with van der Waals surface area (Å²) in [5.74, 6) is 0.696. The first-order valence-electron chi connectivity index (χ1n) is 15.2. The lowest BCUT2D eigenvalue weighted by Crippen LogP contribution is -2.53. The van der Waals surface area contributed by atoms with Crippen LogP contribution < -0.4 is 4.74 Å². The van der Waals surface area contributed by atoms with Gasteiger partial charge in [-0.3, -0.25) is 0 Å². The highest BCUT2D eigenvalue weighted by molar-refractivity contribution is 5.74. The second kappa shape index (κ2) is 18.8. The van der Waals surface area contributed by atoms with E-state index >= 15 is 0 Å². The van der Waals surface area contributed by atoms with Crippen LogP contribution >= 0.6 is 0 Å². The van der Waals surface area contributed by atoms with Crippen LogP contribution in [0.5, 0.6) is 5.75 Å². The van der Waals surface area contributed by atoms with Gasteiger partial charge in [-0.2, -0.15) is 0 Å². The van der Waals surface area contributed by atoms with E-state index in [1.165, 1.54) is 75.3 Å². The average molecular weight is 525 g/mol. The van der Waals surface area contributed by atoms with Gasteiger partial charge in [0.05, 0.1) is 14.1 Å². The Balaban J connectivity index is 1.63. The summed E-state index contributed by atoms with van der Waals surface area (Å²) in [4.78, 5) is 13.0. The number of nitrogens with zero attached hydrogens (tertiary/aromatic N) is 1. The Labute approximate surface area is 233 Å². The largest absolute Gasteiger partial charge is 0.490 e. The van der Waals surface area contributed by atoms with Crippen molar-refractivity contribution in [3.8, 4) is 5.75 Å². The van der Waals surface area contributed by atoms with E-state index in [1.54, 1.807) is 0 Å². The number of benzene rings is 2. The second-order valence-corrected chi connectivity index (χ2v) is 11.3. The molecule has 0 saturated carbocycles. The number of ether oxygens (including phenoxy) is 2. The van der Waals surface area contributed by atoms with Crippen LogP contribution in [0.2, 0.25) is 0 Å². The summed E-state index contributed by atoms with van der Waals surface area (Å²) >= 11 is 0. The van der Waals surface area contributed by atoms with Crippen LogP contribution in [0.15, 0.2) is 54.6 Å². The molecular weight excluding hydrogens is 470 g/mol. The first-order valence-corrected chi connectivity index (χ1v) is 15.2. The zero-order chi connectivity index (χ0) is 27.5. The quantitative estimate of drug-likeness (QED) is 0.0932. The Bertz CT molecular complexity index is 863. The molecule has 0 saturated heterocycles. The van der Waals surface area contributed by atoms with Crippen LogP contribution in [-0.2, 0) is 22.5 Å². The summed E-state index contributed by atoms with van der Waals surface area (Å²) < 4.78 is 12.1. The number of unbranched alkanes of at least 4 members (excludes halogenated alkanes) is 9. The lowest BCUT2D eigenvalue weighted by Gasteiger charge is -2.36. The highest BCUT2D eigenvalue weighted by atomic mass is 16.6. The van der Waals surface area contributed by atoms with E-state index in [-0.39, 0.29) is 18.6 Å². The number of aryl methyl sites for hydroxylation is 1. The number of hydrogen-bond donors (Lipinski definition) is 0. The predicted octanol–water partition coefficient (Wildman–Crippen LogP) is 8.52. The number of esters is 1. The van der Waals surface area contributed by atoms with E-state index in [0.717, 1.165) is 31.6 Å². The van der Waals surface area contributed by atoms with Gasteiger partial charge in [0.1, 0.15) is 25.5 Å². The van der Waals surface area contributed by atoms with E-state index in [4.69, 9.17) is 9.47 Å². The van der Waals surface area contributed by atoms with Crippen molar-refractivity contribution in [1.29, 1.82) is 0 Å². The Morgan fingerprint density at radius 3 is 1.92 bits per heavy atom. The van der Waals surface area contributed by atoms with Gasteiger partial charge in [-0.15, -0.1) is 0 Å². The summed E-state index contributed by atoms with van der Waals surface area (Å²) in [5, 5.41) is 0. The summed E-state index contributed by atoms with van der Waals surface area (Å²) in [7, 11) is 4.23. The van der Waals surface area contributed by atoms with Crippen LogP contribution in [-0.4, -0.2) is 43.8 Å². The molecule has 38 heavy (non-hydrogen) atoms. The van der Waals surface area contributed by atoms with Crippen molar-refractivity contribution in [2.75, 3.05) is 27.3 Å². The summed E-state index contributed by atoms with van der Waals surface area (Å²) in [5.41, 5.74) is 2.59. The molecular formula is C34H54NO3+. The standard InChI is InChI=1S/C34H54NO3/c1-5-7-8-9-10-11-12-13-14-16-20-30-23-25-32(26-24-30)37-27-28-38-34(36)33(19-6-2)35(3,4)29-31-21-17-15-18-22-31/h15,17-18,21-26,33H,5-14,16,19-20,27-29H2,1-4H3/q+1. The van der Waals surface area contributed by atoms with Crippen molar-refractivity contribution >= 4 is 5.97 Å². The van der Waals surface area contributed by atoms with Crippen molar-refractivity contribution in [3.63, 3.8) is 0 Å². The minimum atomic E-state index is -0.190. The number of carbonyl (C=O) groups is 1. The van der Waals surface area contributed by atoms with Gasteiger partial charge in [0.15, 0.2) is 6.04 Å². The van der Waals surface area contributed by atoms with Crippen LogP contribution in [0.4, 0.5) is 0 Å². The van der Waals surface area contributed by atoms with Crippen LogP contribution in [0.1, 0.15) is 102 Å². The zero-order valence-corrected chi connectivity index (χ0v) is 24.8. The normalized spacial score (nSPS) is 12.3. The van der Waals surface area contributed by atoms with Crippen molar-refractivity contribution < 1.29 is 18.8 Å². The summed E-state index contributed by atoms with van der Waals surface area (Å²) in [6.45, 7) is 5.83. The molecule has 2 aromatic carbocycles. The van der Waals surface area contributed by atoms with E-state index in [0.29, 0.717) is 11.1 Å². The number of hydrogen-bond acceptors (Lipinski definition) is 3. The number of rotatable bonds is 21. The maximum atomic E-state index is 13.0. The maximum absolute atomic E-state index is 13.0. The van der Waals surface area contributed by atoms with Crippen molar-refractivity contribution in [3.05, 3.63) is 65.7 Å². The smallest absolute Gasteiger partial charge is 0.365 e. The molecule has 1 unspecified atom stereocenters. The van der Waals surface area contributed by atoms with E-state index in [9.17, 15) is 4.79 Å². The summed E-state index contributed by atoms with van der Waals surface area (Å²) in [6.07, 6.45) is 16.5. The second-order valence-electron chi connectivity index (χ2n) is 11.3. The van der Waals surface area contributed by atoms with Gasteiger partial charge in [-0.25, -0.2) is 4.79 Å². The molecule has 0 heterocycles. The van der Waals surface area contributed by atoms with Gasteiger partial charge in [0, 0.05) is 12.0 Å². The molecule has 0 bridgehead atoms. The molecule has 1 atom stereocenters. The lowest BCUT2D eigenvalue weighted by atomic mass is 10.0. The molecule has 0 fully saturated rings. The molecule has 212 valence electrons. The third-order valence-electron chi connectivity index (χ3n) is 7.45. The van der Waals surface area contributed by atoms with Crippen LogP contribution in [0, 0.1) is 0 Å².